The molecule has 0 aliphatic rings. The number of benzene rings is 1. The van der Waals surface area contributed by atoms with Gasteiger partial charge in [0.15, 0.2) is 0 Å². The van der Waals surface area contributed by atoms with E-state index in [9.17, 15) is 9.59 Å². The molecule has 1 aromatic heterocycles. The van der Waals surface area contributed by atoms with Gasteiger partial charge in [0.2, 0.25) is 0 Å². The van der Waals surface area contributed by atoms with Crippen molar-refractivity contribution in [1.82, 2.24) is 0 Å². The second kappa shape index (κ2) is 5.61. The van der Waals surface area contributed by atoms with Gasteiger partial charge >= 0.3 is 5.97 Å². The molecule has 1 heterocycles. The summed E-state index contributed by atoms with van der Waals surface area (Å²) in [5.41, 5.74) is 2.36. The molecule has 1 aromatic carbocycles. The van der Waals surface area contributed by atoms with Crippen LogP contribution in [0, 0.1) is 13.8 Å². The quantitative estimate of drug-likeness (QED) is 0.873. The Balaban J connectivity index is 2.20. The molecule has 0 saturated carbocycles. The SMILES string of the molecule is COC(=O)c1ccc(NC(=O)c2ccoc2C)c(C)c1. The van der Waals surface area contributed by atoms with E-state index in [1.54, 1.807) is 31.2 Å². The lowest BCUT2D eigenvalue weighted by Crippen LogP contribution is -2.13. The number of furan rings is 1. The van der Waals surface area contributed by atoms with Gasteiger partial charge in [-0.15, -0.1) is 0 Å². The minimum atomic E-state index is -0.406. The predicted molar refractivity (Wildman–Crippen MR) is 73.9 cm³/mol. The van der Waals surface area contributed by atoms with Crippen molar-refractivity contribution in [3.05, 3.63) is 53.0 Å². The van der Waals surface area contributed by atoms with Crippen molar-refractivity contribution in [2.24, 2.45) is 0 Å². The fourth-order valence-electron chi connectivity index (χ4n) is 1.86. The van der Waals surface area contributed by atoms with Gasteiger partial charge in [0.25, 0.3) is 5.91 Å². The fraction of sp³-hybridized carbons (Fsp3) is 0.200. The molecule has 0 saturated heterocycles. The van der Waals surface area contributed by atoms with Gasteiger partial charge in [-0.2, -0.15) is 0 Å². The van der Waals surface area contributed by atoms with Crippen LogP contribution < -0.4 is 5.32 Å². The standard InChI is InChI=1S/C15H15NO4/c1-9-8-11(15(18)19-3)4-5-13(9)16-14(17)12-6-7-20-10(12)2/h4-8H,1-3H3,(H,16,17). The summed E-state index contributed by atoms with van der Waals surface area (Å²) in [7, 11) is 1.33. The first-order valence-electron chi connectivity index (χ1n) is 6.07. The summed E-state index contributed by atoms with van der Waals surface area (Å²) in [5, 5.41) is 2.79. The van der Waals surface area contributed by atoms with Crippen LogP contribution in [-0.4, -0.2) is 19.0 Å². The average molecular weight is 273 g/mol. The van der Waals surface area contributed by atoms with Gasteiger partial charge in [-0.25, -0.2) is 4.79 Å². The molecule has 0 aliphatic carbocycles. The van der Waals surface area contributed by atoms with Gasteiger partial charge in [-0.3, -0.25) is 4.79 Å². The lowest BCUT2D eigenvalue weighted by atomic mass is 10.1. The highest BCUT2D eigenvalue weighted by Gasteiger charge is 2.13. The van der Waals surface area contributed by atoms with E-state index in [2.05, 4.69) is 10.1 Å². The number of nitrogens with one attached hydrogen (secondary N) is 1. The van der Waals surface area contributed by atoms with Crippen LogP contribution in [0.1, 0.15) is 32.0 Å². The van der Waals surface area contributed by atoms with E-state index in [-0.39, 0.29) is 5.91 Å². The summed E-state index contributed by atoms with van der Waals surface area (Å²) in [6, 6.07) is 6.57. The van der Waals surface area contributed by atoms with E-state index < -0.39 is 5.97 Å². The molecule has 5 nitrogen and oxygen atoms in total. The largest absolute Gasteiger partial charge is 0.469 e. The minimum absolute atomic E-state index is 0.245. The molecule has 2 aromatic rings. The van der Waals surface area contributed by atoms with Gasteiger partial charge in [0.1, 0.15) is 5.76 Å². The van der Waals surface area contributed by atoms with E-state index in [4.69, 9.17) is 4.42 Å². The van der Waals surface area contributed by atoms with Crippen LogP contribution in [0.15, 0.2) is 34.9 Å². The third-order valence-corrected chi connectivity index (χ3v) is 3.00. The highest BCUT2D eigenvalue weighted by molar-refractivity contribution is 6.05. The van der Waals surface area contributed by atoms with E-state index >= 15 is 0 Å². The first kappa shape index (κ1) is 13.9. The predicted octanol–water partition coefficient (Wildman–Crippen LogP) is 2.94. The van der Waals surface area contributed by atoms with E-state index in [0.29, 0.717) is 22.6 Å². The maximum Gasteiger partial charge on any atom is 0.337 e. The Hall–Kier alpha value is -2.56. The van der Waals surface area contributed by atoms with Crippen LogP contribution in [0.5, 0.6) is 0 Å². The number of hydrogen-bond donors (Lipinski definition) is 1. The molecule has 2 rings (SSSR count). The second-order valence-corrected chi connectivity index (χ2v) is 4.37. The number of anilines is 1. The van der Waals surface area contributed by atoms with Crippen molar-refractivity contribution in [2.45, 2.75) is 13.8 Å². The van der Waals surface area contributed by atoms with Crippen molar-refractivity contribution in [3.8, 4) is 0 Å². The molecule has 0 unspecified atom stereocenters. The Morgan fingerprint density at radius 1 is 1.20 bits per heavy atom. The smallest absolute Gasteiger partial charge is 0.337 e. The molecule has 0 radical (unpaired) electrons. The first-order chi connectivity index (χ1) is 9.52. The molecule has 1 N–H and O–H groups in total. The van der Waals surface area contributed by atoms with Crippen molar-refractivity contribution < 1.29 is 18.7 Å². The van der Waals surface area contributed by atoms with E-state index in [0.717, 1.165) is 5.56 Å². The number of amides is 1. The van der Waals surface area contributed by atoms with Gasteiger partial charge in [-0.05, 0) is 43.7 Å². The molecular weight excluding hydrogens is 258 g/mol. The Kier molecular flexibility index (Phi) is 3.89. The molecule has 5 heteroatoms. The Morgan fingerprint density at radius 3 is 2.50 bits per heavy atom. The number of hydrogen-bond acceptors (Lipinski definition) is 4. The van der Waals surface area contributed by atoms with Crippen molar-refractivity contribution in [1.29, 1.82) is 0 Å². The van der Waals surface area contributed by atoms with E-state index in [1.807, 2.05) is 6.92 Å². The summed E-state index contributed by atoms with van der Waals surface area (Å²) >= 11 is 0. The molecule has 1 amide bonds. The lowest BCUT2D eigenvalue weighted by Gasteiger charge is -2.09. The molecule has 0 atom stereocenters. The summed E-state index contributed by atoms with van der Waals surface area (Å²) < 4.78 is 9.74. The summed E-state index contributed by atoms with van der Waals surface area (Å²) in [4.78, 5) is 23.5. The maximum absolute atomic E-state index is 12.1. The average Bonchev–Trinajstić information content (AvgIpc) is 2.86. The summed E-state index contributed by atoms with van der Waals surface area (Å²) in [5.74, 6) is -0.0897. The minimum Gasteiger partial charge on any atom is -0.469 e. The van der Waals surface area contributed by atoms with Gasteiger partial charge < -0.3 is 14.5 Å². The van der Waals surface area contributed by atoms with Crippen molar-refractivity contribution in [3.63, 3.8) is 0 Å². The van der Waals surface area contributed by atoms with Crippen LogP contribution in [-0.2, 0) is 4.74 Å². The third-order valence-electron chi connectivity index (χ3n) is 3.00. The topological polar surface area (TPSA) is 68.5 Å². The Bertz CT molecular complexity index is 658. The highest BCUT2D eigenvalue weighted by atomic mass is 16.5. The summed E-state index contributed by atoms with van der Waals surface area (Å²) in [6.45, 7) is 3.53. The second-order valence-electron chi connectivity index (χ2n) is 4.37. The molecular formula is C15H15NO4. The maximum atomic E-state index is 12.1. The third kappa shape index (κ3) is 2.71. The molecule has 0 aliphatic heterocycles. The molecule has 0 fully saturated rings. The van der Waals surface area contributed by atoms with Crippen molar-refractivity contribution in [2.75, 3.05) is 12.4 Å². The molecule has 0 spiro atoms. The summed E-state index contributed by atoms with van der Waals surface area (Å²) in [6.07, 6.45) is 1.47. The van der Waals surface area contributed by atoms with Gasteiger partial charge in [-0.1, -0.05) is 0 Å². The van der Waals surface area contributed by atoms with Crippen LogP contribution in [0.4, 0.5) is 5.69 Å². The number of esters is 1. The zero-order valence-electron chi connectivity index (χ0n) is 11.5. The molecule has 0 bridgehead atoms. The van der Waals surface area contributed by atoms with E-state index in [1.165, 1.54) is 13.4 Å². The number of carbonyl (C=O) groups is 2. The number of methoxy groups -OCH3 is 1. The molecule has 104 valence electrons. The Morgan fingerprint density at radius 2 is 1.95 bits per heavy atom. The van der Waals surface area contributed by atoms with Gasteiger partial charge in [0, 0.05) is 5.69 Å². The zero-order valence-corrected chi connectivity index (χ0v) is 11.5. The zero-order chi connectivity index (χ0) is 14.7. The normalized spacial score (nSPS) is 10.2. The monoisotopic (exact) mass is 273 g/mol. The number of aryl methyl sites for hydroxylation is 2. The number of rotatable bonds is 3. The number of carbonyl (C=O) groups excluding carboxylic acids is 2. The van der Waals surface area contributed by atoms with Gasteiger partial charge in [0.05, 0.1) is 24.5 Å². The molecule has 20 heavy (non-hydrogen) atoms. The lowest BCUT2D eigenvalue weighted by molar-refractivity contribution is 0.0600. The Labute approximate surface area is 116 Å². The van der Waals surface area contributed by atoms with Crippen LogP contribution >= 0.6 is 0 Å². The van der Waals surface area contributed by atoms with Crippen LogP contribution in [0.25, 0.3) is 0 Å². The first-order valence-corrected chi connectivity index (χ1v) is 6.07. The number of ether oxygens (including phenoxy) is 1. The van der Waals surface area contributed by atoms with Crippen LogP contribution in [0.3, 0.4) is 0 Å². The fourth-order valence-corrected chi connectivity index (χ4v) is 1.86. The highest BCUT2D eigenvalue weighted by Crippen LogP contribution is 2.19. The van der Waals surface area contributed by atoms with Crippen LogP contribution in [0.2, 0.25) is 0 Å². The van der Waals surface area contributed by atoms with Crippen molar-refractivity contribution >= 4 is 17.6 Å².